The fraction of sp³-hybridized carbons (Fsp3) is 0.188. The molecule has 0 aliphatic rings. The quantitative estimate of drug-likeness (QED) is 0.491. The number of H-pyrrole nitrogens is 2. The van der Waals surface area contributed by atoms with Crippen LogP contribution >= 0.6 is 0 Å². The fourth-order valence-electron chi connectivity index (χ4n) is 2.30. The molecule has 2 amide bonds. The Morgan fingerprint density at radius 2 is 2.04 bits per heavy atom. The second-order valence-electron chi connectivity index (χ2n) is 5.74. The van der Waals surface area contributed by atoms with Crippen molar-refractivity contribution in [2.75, 3.05) is 10.6 Å². The predicted molar refractivity (Wildman–Crippen MR) is 92.1 cm³/mol. The number of aromatic nitrogens is 3. The van der Waals surface area contributed by atoms with Crippen molar-refractivity contribution in [1.29, 1.82) is 0 Å². The lowest BCUT2D eigenvalue weighted by molar-refractivity contribution is 0.0993. The van der Waals surface area contributed by atoms with Crippen LogP contribution in [0.4, 0.5) is 11.6 Å². The van der Waals surface area contributed by atoms with Gasteiger partial charge in [0.15, 0.2) is 0 Å². The van der Waals surface area contributed by atoms with E-state index in [1.54, 1.807) is 18.2 Å². The predicted octanol–water partition coefficient (Wildman–Crippen LogP) is 2.06. The Morgan fingerprint density at radius 1 is 1.25 bits per heavy atom. The van der Waals surface area contributed by atoms with Crippen LogP contribution in [-0.2, 0) is 0 Å². The van der Waals surface area contributed by atoms with Crippen LogP contribution in [0.3, 0.4) is 0 Å². The molecule has 1 aromatic carbocycles. The molecule has 3 rings (SSSR count). The molecule has 2 heterocycles. The van der Waals surface area contributed by atoms with Crippen LogP contribution in [0.15, 0.2) is 30.5 Å². The molecule has 6 N–H and O–H groups in total. The topological polar surface area (TPSA) is 129 Å². The highest BCUT2D eigenvalue weighted by Gasteiger charge is 2.11. The second-order valence-corrected chi connectivity index (χ2v) is 5.74. The largest absolute Gasteiger partial charge is 0.364 e. The molecule has 0 unspecified atom stereocenters. The van der Waals surface area contributed by atoms with Gasteiger partial charge in [-0.25, -0.2) is 4.98 Å². The first-order valence-electron chi connectivity index (χ1n) is 7.48. The van der Waals surface area contributed by atoms with Crippen molar-refractivity contribution in [3.63, 3.8) is 0 Å². The van der Waals surface area contributed by atoms with Crippen molar-refractivity contribution in [3.05, 3.63) is 41.7 Å². The molecule has 2 aromatic heterocycles. The zero-order valence-corrected chi connectivity index (χ0v) is 13.3. The Morgan fingerprint density at radius 3 is 2.71 bits per heavy atom. The summed E-state index contributed by atoms with van der Waals surface area (Å²) in [5.74, 6) is -0.214. The number of anilines is 2. The molecule has 0 fully saturated rings. The Labute approximate surface area is 137 Å². The van der Waals surface area contributed by atoms with Gasteiger partial charge in [0.2, 0.25) is 5.95 Å². The highest BCUT2D eigenvalue weighted by atomic mass is 16.2. The van der Waals surface area contributed by atoms with Crippen LogP contribution in [-0.4, -0.2) is 32.8 Å². The molecule has 24 heavy (non-hydrogen) atoms. The van der Waals surface area contributed by atoms with E-state index in [1.165, 1.54) is 12.3 Å². The van der Waals surface area contributed by atoms with Gasteiger partial charge in [-0.3, -0.25) is 9.59 Å². The molecule has 0 spiro atoms. The zero-order chi connectivity index (χ0) is 17.3. The van der Waals surface area contributed by atoms with Crippen molar-refractivity contribution in [2.24, 2.45) is 5.73 Å². The van der Waals surface area contributed by atoms with Gasteiger partial charge >= 0.3 is 0 Å². The van der Waals surface area contributed by atoms with Gasteiger partial charge in [-0.1, -0.05) is 0 Å². The molecule has 0 bridgehead atoms. The molecule has 8 heteroatoms. The number of nitrogens with one attached hydrogen (secondary N) is 4. The van der Waals surface area contributed by atoms with E-state index in [0.717, 1.165) is 11.0 Å². The second kappa shape index (κ2) is 6.07. The normalized spacial score (nSPS) is 11.0. The molecule has 0 atom stereocenters. The molecule has 8 nitrogen and oxygen atoms in total. The Bertz CT molecular complexity index is 908. The van der Waals surface area contributed by atoms with E-state index < -0.39 is 5.91 Å². The van der Waals surface area contributed by atoms with Crippen LogP contribution in [0.2, 0.25) is 0 Å². The molecule has 0 radical (unpaired) electrons. The molecule has 3 aromatic rings. The third kappa shape index (κ3) is 3.22. The summed E-state index contributed by atoms with van der Waals surface area (Å²) < 4.78 is 0. The van der Waals surface area contributed by atoms with Gasteiger partial charge < -0.3 is 26.3 Å². The first-order chi connectivity index (χ1) is 11.4. The van der Waals surface area contributed by atoms with E-state index in [0.29, 0.717) is 17.2 Å². The fourth-order valence-corrected chi connectivity index (χ4v) is 2.30. The Kier molecular flexibility index (Phi) is 3.95. The summed E-state index contributed by atoms with van der Waals surface area (Å²) in [6.45, 7) is 4.03. The number of nitrogens with zero attached hydrogens (tertiary/aromatic N) is 1. The minimum Gasteiger partial charge on any atom is -0.364 e. The van der Waals surface area contributed by atoms with Crippen molar-refractivity contribution in [1.82, 2.24) is 15.0 Å². The molecule has 0 saturated heterocycles. The van der Waals surface area contributed by atoms with E-state index in [2.05, 4.69) is 25.6 Å². The highest BCUT2D eigenvalue weighted by molar-refractivity contribution is 6.06. The van der Waals surface area contributed by atoms with Gasteiger partial charge in [-0.2, -0.15) is 0 Å². The number of nitrogens with two attached hydrogens (primary N) is 1. The standard InChI is InChI=1S/C16H18N6O2/c1-8(2)19-16-21-11-4-3-9(5-12(11)22-16)15(24)20-10-6-13(14(17)23)18-7-10/h3-8,18H,1-2H3,(H2,17,23)(H,20,24)(H2,19,21,22). The van der Waals surface area contributed by atoms with E-state index in [4.69, 9.17) is 5.73 Å². The van der Waals surface area contributed by atoms with E-state index in [1.807, 2.05) is 13.8 Å². The number of imidazole rings is 1. The zero-order valence-electron chi connectivity index (χ0n) is 13.3. The summed E-state index contributed by atoms with van der Waals surface area (Å²) in [6, 6.07) is 6.93. The first kappa shape index (κ1) is 15.6. The van der Waals surface area contributed by atoms with Gasteiger partial charge in [0.1, 0.15) is 5.69 Å². The van der Waals surface area contributed by atoms with Gasteiger partial charge in [0.25, 0.3) is 11.8 Å². The molecular weight excluding hydrogens is 308 g/mol. The molecule has 124 valence electrons. The van der Waals surface area contributed by atoms with Crippen LogP contribution in [0, 0.1) is 0 Å². The van der Waals surface area contributed by atoms with Gasteiger partial charge in [-0.05, 0) is 38.1 Å². The van der Waals surface area contributed by atoms with Crippen molar-refractivity contribution in [2.45, 2.75) is 19.9 Å². The monoisotopic (exact) mass is 326 g/mol. The number of fused-ring (bicyclic) bond motifs is 1. The van der Waals surface area contributed by atoms with Crippen LogP contribution in [0.5, 0.6) is 0 Å². The maximum atomic E-state index is 12.3. The highest BCUT2D eigenvalue weighted by Crippen LogP contribution is 2.18. The average molecular weight is 326 g/mol. The Balaban J connectivity index is 1.79. The first-order valence-corrected chi connectivity index (χ1v) is 7.48. The van der Waals surface area contributed by atoms with Crippen molar-refractivity contribution < 1.29 is 9.59 Å². The molecule has 0 saturated carbocycles. The number of primary amides is 1. The van der Waals surface area contributed by atoms with Gasteiger partial charge in [-0.15, -0.1) is 0 Å². The summed E-state index contributed by atoms with van der Waals surface area (Å²) >= 11 is 0. The SMILES string of the molecule is CC(C)Nc1nc2ccc(C(=O)Nc3c[nH]c(C(N)=O)c3)cc2[nH]1. The summed E-state index contributed by atoms with van der Waals surface area (Å²) in [5.41, 5.74) is 7.88. The number of amides is 2. The molecular formula is C16H18N6O2. The smallest absolute Gasteiger partial charge is 0.265 e. The number of hydrogen-bond acceptors (Lipinski definition) is 4. The summed E-state index contributed by atoms with van der Waals surface area (Å²) in [5, 5.41) is 5.89. The number of aromatic amines is 2. The third-order valence-electron chi connectivity index (χ3n) is 3.38. The van der Waals surface area contributed by atoms with Crippen LogP contribution in [0.25, 0.3) is 11.0 Å². The lowest BCUT2D eigenvalue weighted by atomic mass is 10.2. The summed E-state index contributed by atoms with van der Waals surface area (Å²) in [6.07, 6.45) is 1.51. The number of carbonyl (C=O) groups is 2. The van der Waals surface area contributed by atoms with Crippen molar-refractivity contribution >= 4 is 34.5 Å². The van der Waals surface area contributed by atoms with E-state index in [-0.39, 0.29) is 17.6 Å². The van der Waals surface area contributed by atoms with E-state index >= 15 is 0 Å². The number of rotatable bonds is 5. The lowest BCUT2D eigenvalue weighted by Crippen LogP contribution is -2.12. The van der Waals surface area contributed by atoms with Gasteiger partial charge in [0, 0.05) is 17.8 Å². The third-order valence-corrected chi connectivity index (χ3v) is 3.38. The Hall–Kier alpha value is -3.29. The number of carbonyl (C=O) groups excluding carboxylic acids is 2. The molecule has 0 aliphatic heterocycles. The van der Waals surface area contributed by atoms with Crippen LogP contribution in [0.1, 0.15) is 34.7 Å². The lowest BCUT2D eigenvalue weighted by Gasteiger charge is -2.04. The maximum absolute atomic E-state index is 12.3. The number of hydrogen-bond donors (Lipinski definition) is 5. The van der Waals surface area contributed by atoms with Crippen LogP contribution < -0.4 is 16.4 Å². The van der Waals surface area contributed by atoms with Crippen molar-refractivity contribution in [3.8, 4) is 0 Å². The summed E-state index contributed by atoms with van der Waals surface area (Å²) in [7, 11) is 0. The minimum absolute atomic E-state index is 0.235. The van der Waals surface area contributed by atoms with Gasteiger partial charge in [0.05, 0.1) is 16.7 Å². The molecule has 0 aliphatic carbocycles. The summed E-state index contributed by atoms with van der Waals surface area (Å²) in [4.78, 5) is 33.6. The minimum atomic E-state index is -0.584. The maximum Gasteiger partial charge on any atom is 0.265 e. The average Bonchev–Trinajstić information content (AvgIpc) is 3.11. The number of benzene rings is 1. The van der Waals surface area contributed by atoms with E-state index in [9.17, 15) is 9.59 Å².